The van der Waals surface area contributed by atoms with Gasteiger partial charge in [-0.1, -0.05) is 18.2 Å². The van der Waals surface area contributed by atoms with Gasteiger partial charge in [-0.2, -0.15) is 0 Å². The van der Waals surface area contributed by atoms with Gasteiger partial charge < -0.3 is 29.6 Å². The van der Waals surface area contributed by atoms with Crippen molar-refractivity contribution in [1.29, 1.82) is 0 Å². The van der Waals surface area contributed by atoms with Crippen LogP contribution in [0.15, 0.2) is 53.3 Å². The highest BCUT2D eigenvalue weighted by atomic mass is 16.5. The number of ether oxygens (including phenoxy) is 4. The van der Waals surface area contributed by atoms with E-state index in [4.69, 9.17) is 18.9 Å². The molecule has 8 heteroatoms. The fraction of sp³-hybridized carbons (Fsp3) is 0.310. The number of methoxy groups -OCH3 is 4. The molecule has 1 atom stereocenters. The fourth-order valence-electron chi connectivity index (χ4n) is 4.79. The summed E-state index contributed by atoms with van der Waals surface area (Å²) in [5.41, 5.74) is 4.60. The Bertz CT molecular complexity index is 1350. The summed E-state index contributed by atoms with van der Waals surface area (Å²) in [6.07, 6.45) is 1.25. The quantitative estimate of drug-likeness (QED) is 0.467. The van der Waals surface area contributed by atoms with E-state index in [-0.39, 0.29) is 17.4 Å². The maximum absolute atomic E-state index is 13.4. The number of nitrogens with one attached hydrogen (secondary N) is 2. The van der Waals surface area contributed by atoms with E-state index in [1.807, 2.05) is 36.4 Å². The zero-order chi connectivity index (χ0) is 26.5. The predicted molar refractivity (Wildman–Crippen MR) is 143 cm³/mol. The first-order chi connectivity index (χ1) is 17.9. The molecule has 3 aromatic rings. The van der Waals surface area contributed by atoms with E-state index in [1.165, 1.54) is 6.92 Å². The molecule has 0 spiro atoms. The van der Waals surface area contributed by atoms with Gasteiger partial charge in [0.2, 0.25) is 17.1 Å². The lowest BCUT2D eigenvalue weighted by atomic mass is 9.95. The van der Waals surface area contributed by atoms with Gasteiger partial charge in [0, 0.05) is 19.0 Å². The summed E-state index contributed by atoms with van der Waals surface area (Å²) in [6, 6.07) is 14.5. The molecule has 37 heavy (non-hydrogen) atoms. The third-order valence-corrected chi connectivity index (χ3v) is 6.56. The molecule has 1 aliphatic carbocycles. The number of amides is 1. The zero-order valence-corrected chi connectivity index (χ0v) is 21.8. The molecule has 0 bridgehead atoms. The van der Waals surface area contributed by atoms with Crippen LogP contribution >= 0.6 is 0 Å². The molecule has 1 aliphatic rings. The molecule has 1 amide bonds. The summed E-state index contributed by atoms with van der Waals surface area (Å²) in [6.45, 7) is 1.95. The van der Waals surface area contributed by atoms with Crippen LogP contribution < -0.4 is 35.0 Å². The highest BCUT2D eigenvalue weighted by Gasteiger charge is 2.29. The molecule has 8 nitrogen and oxygen atoms in total. The van der Waals surface area contributed by atoms with Crippen molar-refractivity contribution in [3.05, 3.63) is 75.4 Å². The first-order valence-electron chi connectivity index (χ1n) is 12.0. The maximum atomic E-state index is 13.4. The Hall–Kier alpha value is -4.20. The first kappa shape index (κ1) is 25.9. The van der Waals surface area contributed by atoms with Gasteiger partial charge in [0.05, 0.1) is 40.2 Å². The zero-order valence-electron chi connectivity index (χ0n) is 21.8. The first-order valence-corrected chi connectivity index (χ1v) is 12.0. The van der Waals surface area contributed by atoms with Crippen LogP contribution in [-0.2, 0) is 17.8 Å². The Labute approximate surface area is 216 Å². The Morgan fingerprint density at radius 1 is 0.919 bits per heavy atom. The number of hydrogen-bond donors (Lipinski definition) is 2. The summed E-state index contributed by atoms with van der Waals surface area (Å²) < 4.78 is 22.3. The van der Waals surface area contributed by atoms with E-state index < -0.39 is 0 Å². The molecule has 4 rings (SSSR count). The number of fused-ring (bicyclic) bond motifs is 3. The van der Waals surface area contributed by atoms with Crippen LogP contribution in [0.2, 0.25) is 0 Å². The Balaban J connectivity index is 1.86. The largest absolute Gasteiger partial charge is 0.497 e. The smallest absolute Gasteiger partial charge is 0.217 e. The third kappa shape index (κ3) is 5.33. The number of anilines is 1. The predicted octanol–water partition coefficient (Wildman–Crippen LogP) is 4.48. The van der Waals surface area contributed by atoms with Crippen molar-refractivity contribution < 1.29 is 23.7 Å². The van der Waals surface area contributed by atoms with Crippen molar-refractivity contribution in [2.75, 3.05) is 33.8 Å². The summed E-state index contributed by atoms with van der Waals surface area (Å²) in [7, 11) is 6.35. The monoisotopic (exact) mass is 504 g/mol. The SMILES string of the molecule is COc1ccc(CNc2ccc3c(cc2=O)[C@@H](NC(C)=O)CCc2cc(OC)c(OC)c(OC)c2-3)cc1. The van der Waals surface area contributed by atoms with Crippen LogP contribution in [0.3, 0.4) is 0 Å². The average molecular weight is 505 g/mol. The average Bonchev–Trinajstić information content (AvgIpc) is 3.15. The molecule has 0 unspecified atom stereocenters. The van der Waals surface area contributed by atoms with Gasteiger partial charge in [-0.15, -0.1) is 0 Å². The van der Waals surface area contributed by atoms with E-state index in [0.717, 1.165) is 33.6 Å². The van der Waals surface area contributed by atoms with E-state index in [0.29, 0.717) is 42.3 Å². The maximum Gasteiger partial charge on any atom is 0.217 e. The van der Waals surface area contributed by atoms with Gasteiger partial charge in [-0.05, 0) is 65.4 Å². The van der Waals surface area contributed by atoms with Crippen LogP contribution in [0.5, 0.6) is 23.0 Å². The summed E-state index contributed by atoms with van der Waals surface area (Å²) in [4.78, 5) is 25.5. The topological polar surface area (TPSA) is 95.1 Å². The Morgan fingerprint density at radius 2 is 1.65 bits per heavy atom. The van der Waals surface area contributed by atoms with Gasteiger partial charge in [0.25, 0.3) is 0 Å². The second-order valence-electron chi connectivity index (χ2n) is 8.80. The second-order valence-corrected chi connectivity index (χ2v) is 8.80. The van der Waals surface area contributed by atoms with Crippen molar-refractivity contribution in [3.8, 4) is 34.1 Å². The van der Waals surface area contributed by atoms with Crippen LogP contribution in [0.25, 0.3) is 11.1 Å². The summed E-state index contributed by atoms with van der Waals surface area (Å²) in [5, 5.41) is 6.28. The molecule has 194 valence electrons. The van der Waals surface area contributed by atoms with Crippen molar-refractivity contribution in [1.82, 2.24) is 5.32 Å². The molecular weight excluding hydrogens is 472 g/mol. The normalized spacial score (nSPS) is 13.9. The van der Waals surface area contributed by atoms with Crippen LogP contribution in [-0.4, -0.2) is 34.3 Å². The third-order valence-electron chi connectivity index (χ3n) is 6.56. The Kier molecular flexibility index (Phi) is 7.86. The van der Waals surface area contributed by atoms with E-state index >= 15 is 0 Å². The van der Waals surface area contributed by atoms with Gasteiger partial charge in [-0.3, -0.25) is 9.59 Å². The van der Waals surface area contributed by atoms with Crippen molar-refractivity contribution in [3.63, 3.8) is 0 Å². The molecule has 0 aromatic heterocycles. The minimum Gasteiger partial charge on any atom is -0.497 e. The lowest BCUT2D eigenvalue weighted by Crippen LogP contribution is -2.26. The number of benzene rings is 2. The molecule has 0 aliphatic heterocycles. The fourth-order valence-corrected chi connectivity index (χ4v) is 4.79. The number of carbonyl (C=O) groups is 1. The van der Waals surface area contributed by atoms with Crippen LogP contribution in [0, 0.1) is 0 Å². The minimum atomic E-state index is -0.351. The number of carbonyl (C=O) groups excluding carboxylic acids is 1. The van der Waals surface area contributed by atoms with Crippen molar-refractivity contribution >= 4 is 11.6 Å². The number of aryl methyl sites for hydroxylation is 1. The van der Waals surface area contributed by atoms with Gasteiger partial charge in [-0.25, -0.2) is 0 Å². The van der Waals surface area contributed by atoms with Gasteiger partial charge in [0.15, 0.2) is 11.5 Å². The lowest BCUT2D eigenvalue weighted by molar-refractivity contribution is -0.119. The van der Waals surface area contributed by atoms with Gasteiger partial charge in [0.1, 0.15) is 5.75 Å². The second kappa shape index (κ2) is 11.2. The van der Waals surface area contributed by atoms with E-state index in [2.05, 4.69) is 10.6 Å². The molecule has 0 saturated carbocycles. The van der Waals surface area contributed by atoms with E-state index in [1.54, 1.807) is 40.6 Å². The molecule has 3 aromatic carbocycles. The molecular formula is C29H32N2O6. The highest BCUT2D eigenvalue weighted by molar-refractivity contribution is 5.83. The molecule has 0 heterocycles. The molecule has 2 N–H and O–H groups in total. The Morgan fingerprint density at radius 3 is 2.27 bits per heavy atom. The molecule has 0 fully saturated rings. The summed E-state index contributed by atoms with van der Waals surface area (Å²) in [5.74, 6) is 2.16. The molecule has 0 saturated heterocycles. The number of rotatable bonds is 8. The minimum absolute atomic E-state index is 0.166. The standard InChI is InChI=1S/C29H32N2O6/c1-17(32)31-23-12-8-19-14-26(35-3)28(36-4)29(37-5)27(19)21-11-13-24(25(33)15-22(21)23)30-16-18-6-9-20(34-2)10-7-18/h6-7,9-11,13-15,23H,8,12,16H2,1-5H3,(H,30,33)(H,31,32)/t23-/m0/s1. The van der Waals surface area contributed by atoms with Crippen LogP contribution in [0.4, 0.5) is 5.69 Å². The van der Waals surface area contributed by atoms with Gasteiger partial charge >= 0.3 is 0 Å². The summed E-state index contributed by atoms with van der Waals surface area (Å²) >= 11 is 0. The number of hydrogen-bond acceptors (Lipinski definition) is 7. The van der Waals surface area contributed by atoms with Crippen molar-refractivity contribution in [2.45, 2.75) is 32.4 Å². The highest BCUT2D eigenvalue weighted by Crippen LogP contribution is 2.50. The van der Waals surface area contributed by atoms with E-state index in [9.17, 15) is 9.59 Å². The van der Waals surface area contributed by atoms with Crippen LogP contribution in [0.1, 0.15) is 36.1 Å². The van der Waals surface area contributed by atoms with Crippen molar-refractivity contribution in [2.24, 2.45) is 0 Å². The molecule has 0 radical (unpaired) electrons. The lowest BCUT2D eigenvalue weighted by Gasteiger charge is -2.19.